The van der Waals surface area contributed by atoms with Crippen molar-refractivity contribution in [3.8, 4) is 0 Å². The number of benzene rings is 1. The molecule has 1 N–H and O–H groups in total. The van der Waals surface area contributed by atoms with Crippen LogP contribution in [0.5, 0.6) is 0 Å². The molecule has 0 saturated heterocycles. The van der Waals surface area contributed by atoms with E-state index >= 15 is 0 Å². The summed E-state index contributed by atoms with van der Waals surface area (Å²) < 4.78 is 0. The Hall–Kier alpha value is -1.02. The fourth-order valence-electron chi connectivity index (χ4n) is 1.59. The van der Waals surface area contributed by atoms with Crippen molar-refractivity contribution in [1.29, 1.82) is 0 Å². The summed E-state index contributed by atoms with van der Waals surface area (Å²) in [6.07, 6.45) is 0.839. The molecule has 0 aromatic heterocycles. The molecular weight excluding hydrogens is 186 g/mol. The Morgan fingerprint density at radius 2 is 2.23 bits per heavy atom. The number of alkyl halides is 1. The summed E-state index contributed by atoms with van der Waals surface area (Å²) in [7, 11) is 0. The number of hydrogen-bond donors (Lipinski definition) is 1. The molecule has 0 bridgehead atoms. The number of hydrogen-bond acceptors (Lipinski definition) is 1. The van der Waals surface area contributed by atoms with Crippen LogP contribution in [-0.4, -0.2) is 17.8 Å². The van der Waals surface area contributed by atoms with E-state index in [9.17, 15) is 4.79 Å². The highest BCUT2D eigenvalue weighted by atomic mass is 35.5. The van der Waals surface area contributed by atoms with Gasteiger partial charge < -0.3 is 5.32 Å². The zero-order valence-electron chi connectivity index (χ0n) is 7.09. The van der Waals surface area contributed by atoms with Gasteiger partial charge in [0.2, 0.25) is 0 Å². The van der Waals surface area contributed by atoms with Crippen molar-refractivity contribution in [1.82, 2.24) is 5.32 Å². The van der Waals surface area contributed by atoms with Crippen molar-refractivity contribution in [2.24, 2.45) is 0 Å². The molecule has 1 aliphatic heterocycles. The molecule has 3 heteroatoms. The Labute approximate surface area is 81.9 Å². The van der Waals surface area contributed by atoms with Gasteiger partial charge in [0, 0.05) is 17.5 Å². The zero-order valence-corrected chi connectivity index (χ0v) is 7.84. The molecule has 2 rings (SSSR count). The first-order valence-electron chi connectivity index (χ1n) is 4.26. The Morgan fingerprint density at radius 1 is 1.46 bits per heavy atom. The summed E-state index contributed by atoms with van der Waals surface area (Å²) in [6, 6.07) is 7.73. The predicted octanol–water partition coefficient (Wildman–Crippen LogP) is 1.58. The van der Waals surface area contributed by atoms with Crippen molar-refractivity contribution >= 4 is 17.5 Å². The first-order chi connectivity index (χ1) is 6.31. The summed E-state index contributed by atoms with van der Waals surface area (Å²) >= 11 is 5.70. The number of amides is 1. The standard InChI is InChI=1S/C10H10ClNO/c11-6-8-5-7-3-1-2-4-9(7)10(13)12-8/h1-4,8H,5-6H2,(H,12,13). The molecule has 1 aromatic carbocycles. The molecular formula is C10H10ClNO. The van der Waals surface area contributed by atoms with Gasteiger partial charge in [-0.2, -0.15) is 0 Å². The summed E-state index contributed by atoms with van der Waals surface area (Å²) in [6.45, 7) is 0. The highest BCUT2D eigenvalue weighted by Crippen LogP contribution is 2.16. The first kappa shape index (κ1) is 8.57. The van der Waals surface area contributed by atoms with Crippen LogP contribution < -0.4 is 5.32 Å². The van der Waals surface area contributed by atoms with Crippen LogP contribution in [0.2, 0.25) is 0 Å². The molecule has 1 heterocycles. The minimum atomic E-state index is -0.00694. The highest BCUT2D eigenvalue weighted by molar-refractivity contribution is 6.18. The minimum Gasteiger partial charge on any atom is -0.348 e. The van der Waals surface area contributed by atoms with E-state index in [1.54, 1.807) is 0 Å². The molecule has 0 radical (unpaired) electrons. The van der Waals surface area contributed by atoms with Gasteiger partial charge in [0.25, 0.3) is 5.91 Å². The normalized spacial score (nSPS) is 20.7. The molecule has 1 aliphatic rings. The number of nitrogens with one attached hydrogen (secondary N) is 1. The van der Waals surface area contributed by atoms with E-state index < -0.39 is 0 Å². The average molecular weight is 196 g/mol. The summed E-state index contributed by atoms with van der Waals surface area (Å²) in [4.78, 5) is 11.5. The quantitative estimate of drug-likeness (QED) is 0.678. The van der Waals surface area contributed by atoms with Crippen molar-refractivity contribution in [2.75, 3.05) is 5.88 Å². The lowest BCUT2D eigenvalue weighted by Crippen LogP contribution is -2.42. The molecule has 1 aromatic rings. The second kappa shape index (κ2) is 3.38. The number of rotatable bonds is 1. The van der Waals surface area contributed by atoms with Crippen molar-refractivity contribution in [3.05, 3.63) is 35.4 Å². The van der Waals surface area contributed by atoms with Crippen LogP contribution in [0.4, 0.5) is 0 Å². The zero-order chi connectivity index (χ0) is 9.26. The van der Waals surface area contributed by atoms with Crippen LogP contribution in [-0.2, 0) is 6.42 Å². The van der Waals surface area contributed by atoms with Gasteiger partial charge in [0.15, 0.2) is 0 Å². The maximum absolute atomic E-state index is 11.5. The summed E-state index contributed by atoms with van der Waals surface area (Å²) in [5, 5.41) is 2.85. The van der Waals surface area contributed by atoms with E-state index in [-0.39, 0.29) is 11.9 Å². The molecule has 0 saturated carbocycles. The second-order valence-electron chi connectivity index (χ2n) is 3.19. The van der Waals surface area contributed by atoms with Gasteiger partial charge in [0.05, 0.1) is 0 Å². The Morgan fingerprint density at radius 3 is 3.00 bits per heavy atom. The lowest BCUT2D eigenvalue weighted by Gasteiger charge is -2.23. The van der Waals surface area contributed by atoms with E-state index in [2.05, 4.69) is 5.32 Å². The van der Waals surface area contributed by atoms with Crippen LogP contribution >= 0.6 is 11.6 Å². The highest BCUT2D eigenvalue weighted by Gasteiger charge is 2.22. The maximum atomic E-state index is 11.5. The molecule has 1 unspecified atom stereocenters. The van der Waals surface area contributed by atoms with Crippen LogP contribution in [0.3, 0.4) is 0 Å². The molecule has 0 fully saturated rings. The Bertz CT molecular complexity index is 337. The number of carbonyl (C=O) groups excluding carboxylic acids is 1. The van der Waals surface area contributed by atoms with E-state index in [4.69, 9.17) is 11.6 Å². The third-order valence-electron chi connectivity index (χ3n) is 2.25. The molecule has 13 heavy (non-hydrogen) atoms. The smallest absolute Gasteiger partial charge is 0.251 e. The van der Waals surface area contributed by atoms with Gasteiger partial charge in [-0.3, -0.25) is 4.79 Å². The summed E-state index contributed by atoms with van der Waals surface area (Å²) in [5.41, 5.74) is 1.88. The van der Waals surface area contributed by atoms with Crippen molar-refractivity contribution in [2.45, 2.75) is 12.5 Å². The minimum absolute atomic E-state index is 0.00694. The van der Waals surface area contributed by atoms with Gasteiger partial charge in [-0.25, -0.2) is 0 Å². The first-order valence-corrected chi connectivity index (χ1v) is 4.79. The topological polar surface area (TPSA) is 29.1 Å². The SMILES string of the molecule is O=C1NC(CCl)Cc2ccccc21. The number of carbonyl (C=O) groups is 1. The molecule has 2 nitrogen and oxygen atoms in total. The van der Waals surface area contributed by atoms with Crippen molar-refractivity contribution < 1.29 is 4.79 Å². The van der Waals surface area contributed by atoms with E-state index in [1.807, 2.05) is 24.3 Å². The van der Waals surface area contributed by atoms with E-state index in [1.165, 1.54) is 0 Å². The van der Waals surface area contributed by atoms with E-state index in [0.29, 0.717) is 5.88 Å². The Balaban J connectivity index is 2.37. The lowest BCUT2D eigenvalue weighted by atomic mass is 9.96. The second-order valence-corrected chi connectivity index (χ2v) is 3.49. The summed E-state index contributed by atoms with van der Waals surface area (Å²) in [5.74, 6) is 0.465. The fraction of sp³-hybridized carbons (Fsp3) is 0.300. The Kier molecular flexibility index (Phi) is 2.23. The van der Waals surface area contributed by atoms with Crippen LogP contribution in [0, 0.1) is 0 Å². The predicted molar refractivity (Wildman–Crippen MR) is 52.1 cm³/mol. The van der Waals surface area contributed by atoms with E-state index in [0.717, 1.165) is 17.5 Å². The largest absolute Gasteiger partial charge is 0.348 e. The van der Waals surface area contributed by atoms with Crippen molar-refractivity contribution in [3.63, 3.8) is 0 Å². The van der Waals surface area contributed by atoms with Gasteiger partial charge in [0.1, 0.15) is 0 Å². The van der Waals surface area contributed by atoms with Gasteiger partial charge in [-0.05, 0) is 18.1 Å². The molecule has 68 valence electrons. The monoisotopic (exact) mass is 195 g/mol. The number of fused-ring (bicyclic) bond motifs is 1. The van der Waals surface area contributed by atoms with Crippen LogP contribution in [0.15, 0.2) is 24.3 Å². The van der Waals surface area contributed by atoms with Gasteiger partial charge in [-0.15, -0.1) is 11.6 Å². The van der Waals surface area contributed by atoms with Crippen LogP contribution in [0.25, 0.3) is 0 Å². The molecule has 0 aliphatic carbocycles. The lowest BCUT2D eigenvalue weighted by molar-refractivity contribution is 0.0930. The third-order valence-corrected chi connectivity index (χ3v) is 2.62. The maximum Gasteiger partial charge on any atom is 0.251 e. The third kappa shape index (κ3) is 1.54. The number of halogens is 1. The molecule has 1 amide bonds. The average Bonchev–Trinajstić information content (AvgIpc) is 2.18. The molecule has 0 spiro atoms. The van der Waals surface area contributed by atoms with Gasteiger partial charge >= 0.3 is 0 Å². The van der Waals surface area contributed by atoms with Gasteiger partial charge in [-0.1, -0.05) is 18.2 Å². The molecule has 1 atom stereocenters. The fourth-order valence-corrected chi connectivity index (χ4v) is 1.78. The van der Waals surface area contributed by atoms with Crippen LogP contribution in [0.1, 0.15) is 15.9 Å².